The minimum Gasteiger partial charge on any atom is -0.493 e. The summed E-state index contributed by atoms with van der Waals surface area (Å²) < 4.78 is 10.7. The van der Waals surface area contributed by atoms with E-state index in [1.807, 2.05) is 0 Å². The van der Waals surface area contributed by atoms with Crippen LogP contribution >= 0.6 is 0 Å². The summed E-state index contributed by atoms with van der Waals surface area (Å²) in [7, 11) is 1.38. The third-order valence-electron chi connectivity index (χ3n) is 3.25. The summed E-state index contributed by atoms with van der Waals surface area (Å²) in [5.41, 5.74) is 4.75. The Morgan fingerprint density at radius 2 is 2.07 bits per heavy atom. The van der Waals surface area contributed by atoms with E-state index in [9.17, 15) is 19.7 Å². The SMILES string of the molecule is COc1cc(/C=C(/C#N)C(=O)NC(N)=O)ccc1Oc1ccc([N+](=O)[O-])cn1. The van der Waals surface area contributed by atoms with E-state index in [2.05, 4.69) is 4.98 Å². The average molecular weight is 383 g/mol. The van der Waals surface area contributed by atoms with Gasteiger partial charge >= 0.3 is 6.03 Å². The Morgan fingerprint density at radius 1 is 1.32 bits per heavy atom. The molecular formula is C17H13N5O6. The molecule has 0 bridgehead atoms. The van der Waals surface area contributed by atoms with Crippen LogP contribution in [0.15, 0.2) is 42.1 Å². The zero-order valence-corrected chi connectivity index (χ0v) is 14.4. The van der Waals surface area contributed by atoms with Gasteiger partial charge in [0, 0.05) is 12.1 Å². The highest BCUT2D eigenvalue weighted by molar-refractivity contribution is 6.08. The highest BCUT2D eigenvalue weighted by atomic mass is 16.6. The van der Waals surface area contributed by atoms with Gasteiger partial charge < -0.3 is 15.2 Å². The number of primary amides is 1. The first kappa shape index (κ1) is 19.9. The van der Waals surface area contributed by atoms with Crippen molar-refractivity contribution in [3.05, 3.63) is 57.8 Å². The molecule has 3 amide bonds. The maximum Gasteiger partial charge on any atom is 0.319 e. The number of nitrogens with zero attached hydrogens (tertiary/aromatic N) is 3. The summed E-state index contributed by atoms with van der Waals surface area (Å²) in [5, 5.41) is 21.5. The van der Waals surface area contributed by atoms with Crippen LogP contribution in [-0.2, 0) is 4.79 Å². The monoisotopic (exact) mass is 383 g/mol. The van der Waals surface area contributed by atoms with Crippen LogP contribution in [0.25, 0.3) is 6.08 Å². The maximum atomic E-state index is 11.7. The fourth-order valence-corrected chi connectivity index (χ4v) is 2.01. The van der Waals surface area contributed by atoms with E-state index in [1.165, 1.54) is 43.5 Å². The summed E-state index contributed by atoms with van der Waals surface area (Å²) >= 11 is 0. The van der Waals surface area contributed by atoms with Gasteiger partial charge in [0.15, 0.2) is 11.5 Å². The zero-order valence-electron chi connectivity index (χ0n) is 14.4. The molecule has 0 fully saturated rings. The lowest BCUT2D eigenvalue weighted by atomic mass is 10.1. The molecule has 2 aromatic rings. The maximum absolute atomic E-state index is 11.7. The molecule has 0 aliphatic carbocycles. The zero-order chi connectivity index (χ0) is 20.7. The van der Waals surface area contributed by atoms with E-state index >= 15 is 0 Å². The molecule has 0 atom stereocenters. The van der Waals surface area contributed by atoms with Crippen molar-refractivity contribution >= 4 is 23.7 Å². The van der Waals surface area contributed by atoms with E-state index in [1.54, 1.807) is 11.4 Å². The molecule has 1 aromatic carbocycles. The first-order chi connectivity index (χ1) is 13.3. The van der Waals surface area contributed by atoms with E-state index in [0.29, 0.717) is 5.56 Å². The minimum absolute atomic E-state index is 0.103. The van der Waals surface area contributed by atoms with Crippen LogP contribution in [0.5, 0.6) is 17.4 Å². The number of hydrogen-bond donors (Lipinski definition) is 2. The van der Waals surface area contributed by atoms with Gasteiger partial charge in [-0.1, -0.05) is 6.07 Å². The van der Waals surface area contributed by atoms with Gasteiger partial charge in [0.25, 0.3) is 11.6 Å². The van der Waals surface area contributed by atoms with Crippen molar-refractivity contribution in [1.29, 1.82) is 5.26 Å². The Morgan fingerprint density at radius 3 is 2.61 bits per heavy atom. The number of pyridine rings is 1. The predicted octanol–water partition coefficient (Wildman–Crippen LogP) is 1.89. The number of imide groups is 1. The summed E-state index contributed by atoms with van der Waals surface area (Å²) in [4.78, 5) is 36.3. The Kier molecular flexibility index (Phi) is 6.22. The molecule has 11 heteroatoms. The first-order valence-corrected chi connectivity index (χ1v) is 7.53. The van der Waals surface area contributed by atoms with Crippen LogP contribution in [0.3, 0.4) is 0 Å². The number of urea groups is 1. The van der Waals surface area contributed by atoms with Crippen molar-refractivity contribution in [2.45, 2.75) is 0 Å². The molecule has 0 saturated carbocycles. The Bertz CT molecular complexity index is 994. The second-order valence-electron chi connectivity index (χ2n) is 5.11. The number of benzene rings is 1. The van der Waals surface area contributed by atoms with Crippen molar-refractivity contribution in [2.24, 2.45) is 5.73 Å². The van der Waals surface area contributed by atoms with Crippen LogP contribution < -0.4 is 20.5 Å². The van der Waals surface area contributed by atoms with E-state index in [0.717, 1.165) is 6.20 Å². The molecule has 0 aliphatic heterocycles. The Hall–Kier alpha value is -4.46. The number of methoxy groups -OCH3 is 1. The van der Waals surface area contributed by atoms with Gasteiger partial charge in [-0.15, -0.1) is 0 Å². The quantitative estimate of drug-likeness (QED) is 0.329. The minimum atomic E-state index is -1.08. The lowest BCUT2D eigenvalue weighted by molar-refractivity contribution is -0.385. The van der Waals surface area contributed by atoms with Crippen LogP contribution in [0.2, 0.25) is 0 Å². The third kappa shape index (κ3) is 5.02. The van der Waals surface area contributed by atoms with Crippen LogP contribution in [0, 0.1) is 21.4 Å². The van der Waals surface area contributed by atoms with E-state index in [4.69, 9.17) is 20.5 Å². The molecule has 11 nitrogen and oxygen atoms in total. The van der Waals surface area contributed by atoms with Crippen molar-refractivity contribution in [3.8, 4) is 23.4 Å². The smallest absolute Gasteiger partial charge is 0.319 e. The summed E-state index contributed by atoms with van der Waals surface area (Å²) in [5.74, 6) is -0.335. The summed E-state index contributed by atoms with van der Waals surface area (Å²) in [6, 6.07) is 7.65. The van der Waals surface area contributed by atoms with Gasteiger partial charge in [-0.2, -0.15) is 5.26 Å². The summed E-state index contributed by atoms with van der Waals surface area (Å²) in [6.45, 7) is 0. The standard InChI is InChI=1S/C17H13N5O6/c1-27-14-7-10(6-11(8-18)16(23)21-17(19)24)2-4-13(14)28-15-5-3-12(9-20-15)22(25)26/h2-7,9H,1H3,(H3,19,21,23,24)/b11-6-. The molecule has 1 heterocycles. The van der Waals surface area contributed by atoms with Crippen molar-refractivity contribution < 1.29 is 24.0 Å². The number of carbonyl (C=O) groups excluding carboxylic acids is 2. The number of ether oxygens (including phenoxy) is 2. The number of amides is 3. The van der Waals surface area contributed by atoms with Gasteiger partial charge in [0.05, 0.1) is 12.0 Å². The van der Waals surface area contributed by atoms with Gasteiger partial charge in [-0.05, 0) is 23.8 Å². The topological polar surface area (TPSA) is 170 Å². The predicted molar refractivity (Wildman–Crippen MR) is 95.3 cm³/mol. The normalized spacial score (nSPS) is 10.5. The highest BCUT2D eigenvalue weighted by Crippen LogP contribution is 2.32. The van der Waals surface area contributed by atoms with Gasteiger partial charge in [-0.3, -0.25) is 20.2 Å². The molecule has 0 aliphatic rings. The molecule has 28 heavy (non-hydrogen) atoms. The number of carbonyl (C=O) groups is 2. The number of nitriles is 1. The number of nitrogens with two attached hydrogens (primary N) is 1. The molecule has 3 N–H and O–H groups in total. The molecule has 142 valence electrons. The average Bonchev–Trinajstić information content (AvgIpc) is 2.66. The Labute approximate surface area is 158 Å². The van der Waals surface area contributed by atoms with Crippen molar-refractivity contribution in [2.75, 3.05) is 7.11 Å². The van der Waals surface area contributed by atoms with Gasteiger partial charge in [-0.25, -0.2) is 9.78 Å². The number of hydrogen-bond acceptors (Lipinski definition) is 8. The fourth-order valence-electron chi connectivity index (χ4n) is 2.01. The van der Waals surface area contributed by atoms with Crippen LogP contribution in [0.1, 0.15) is 5.56 Å². The van der Waals surface area contributed by atoms with Gasteiger partial charge in [0.2, 0.25) is 5.88 Å². The summed E-state index contributed by atoms with van der Waals surface area (Å²) in [6.07, 6.45) is 2.28. The number of aromatic nitrogens is 1. The van der Waals surface area contributed by atoms with Gasteiger partial charge in [0.1, 0.15) is 17.8 Å². The number of nitrogens with one attached hydrogen (secondary N) is 1. The number of nitro groups is 1. The van der Waals surface area contributed by atoms with E-state index in [-0.39, 0.29) is 28.6 Å². The van der Waals surface area contributed by atoms with Crippen molar-refractivity contribution in [1.82, 2.24) is 10.3 Å². The highest BCUT2D eigenvalue weighted by Gasteiger charge is 2.13. The Balaban J connectivity index is 2.27. The van der Waals surface area contributed by atoms with Crippen LogP contribution in [-0.4, -0.2) is 29.0 Å². The molecule has 0 unspecified atom stereocenters. The second-order valence-corrected chi connectivity index (χ2v) is 5.11. The molecule has 0 radical (unpaired) electrons. The lowest BCUT2D eigenvalue weighted by Gasteiger charge is -2.10. The van der Waals surface area contributed by atoms with E-state index < -0.39 is 16.9 Å². The third-order valence-corrected chi connectivity index (χ3v) is 3.25. The lowest BCUT2D eigenvalue weighted by Crippen LogP contribution is -2.35. The fraction of sp³-hybridized carbons (Fsp3) is 0.0588. The molecule has 0 spiro atoms. The first-order valence-electron chi connectivity index (χ1n) is 7.53. The molecule has 2 rings (SSSR count). The van der Waals surface area contributed by atoms with Crippen molar-refractivity contribution in [3.63, 3.8) is 0 Å². The number of rotatable bonds is 6. The molecule has 1 aromatic heterocycles. The molecule has 0 saturated heterocycles. The largest absolute Gasteiger partial charge is 0.493 e. The van der Waals surface area contributed by atoms with Crippen LogP contribution in [0.4, 0.5) is 10.5 Å². The second kappa shape index (κ2) is 8.77. The molecular weight excluding hydrogens is 370 g/mol.